The van der Waals surface area contributed by atoms with E-state index >= 15 is 0 Å². The fourth-order valence-corrected chi connectivity index (χ4v) is 2.33. The van der Waals surface area contributed by atoms with E-state index in [0.717, 1.165) is 5.56 Å². The number of rotatable bonds is 5. The summed E-state index contributed by atoms with van der Waals surface area (Å²) in [5.74, 6) is -0.968. The molecule has 2 atom stereocenters. The predicted octanol–water partition coefficient (Wildman–Crippen LogP) is 3.38. The second-order valence-electron chi connectivity index (χ2n) is 5.47. The lowest BCUT2D eigenvalue weighted by molar-refractivity contribution is 0.0913. The summed E-state index contributed by atoms with van der Waals surface area (Å²) in [5.41, 5.74) is 1.26. The third-order valence-corrected chi connectivity index (χ3v) is 3.58. The topological polar surface area (TPSA) is 49.3 Å². The predicted molar refractivity (Wildman–Crippen MR) is 84.1 cm³/mol. The average molecular weight is 301 g/mol. The Kier molecular flexibility index (Phi) is 5.28. The van der Waals surface area contributed by atoms with Crippen LogP contribution in [0.3, 0.4) is 0 Å². The zero-order chi connectivity index (χ0) is 16.1. The molecule has 1 amide bonds. The molecule has 0 spiro atoms. The van der Waals surface area contributed by atoms with Crippen LogP contribution < -0.4 is 5.32 Å². The summed E-state index contributed by atoms with van der Waals surface area (Å²) >= 11 is 0. The van der Waals surface area contributed by atoms with E-state index in [4.69, 9.17) is 0 Å². The molecule has 2 N–H and O–H groups in total. The third kappa shape index (κ3) is 3.92. The minimum atomic E-state index is -0.668. The summed E-state index contributed by atoms with van der Waals surface area (Å²) in [5, 5.41) is 12.9. The highest BCUT2D eigenvalue weighted by Crippen LogP contribution is 2.18. The van der Waals surface area contributed by atoms with Crippen molar-refractivity contribution in [3.63, 3.8) is 0 Å². The number of aliphatic hydroxyl groups is 1. The maximum absolute atomic E-state index is 13.9. The molecule has 0 aliphatic heterocycles. The van der Waals surface area contributed by atoms with Crippen LogP contribution >= 0.6 is 0 Å². The Balaban J connectivity index is 1.98. The molecule has 0 heterocycles. The Morgan fingerprint density at radius 2 is 1.86 bits per heavy atom. The molecule has 0 radical (unpaired) electrons. The summed E-state index contributed by atoms with van der Waals surface area (Å²) in [6.07, 6.45) is -0.303. The van der Waals surface area contributed by atoms with E-state index < -0.39 is 17.8 Å². The quantitative estimate of drug-likeness (QED) is 0.889. The van der Waals surface area contributed by atoms with Crippen molar-refractivity contribution in [3.05, 3.63) is 71.0 Å². The third-order valence-electron chi connectivity index (χ3n) is 3.58. The second-order valence-corrected chi connectivity index (χ2v) is 5.47. The first-order valence-corrected chi connectivity index (χ1v) is 7.28. The van der Waals surface area contributed by atoms with E-state index in [1.807, 2.05) is 30.3 Å². The molecule has 3 nitrogen and oxygen atoms in total. The van der Waals surface area contributed by atoms with Gasteiger partial charge in [-0.05, 0) is 37.5 Å². The highest BCUT2D eigenvalue weighted by Gasteiger charge is 2.18. The van der Waals surface area contributed by atoms with Crippen LogP contribution in [0.4, 0.5) is 4.39 Å². The lowest BCUT2D eigenvalue weighted by atomic mass is 10.0. The molecule has 0 aliphatic carbocycles. The molecule has 4 heteroatoms. The van der Waals surface area contributed by atoms with Gasteiger partial charge in [0.1, 0.15) is 5.82 Å². The van der Waals surface area contributed by atoms with Crippen LogP contribution in [-0.4, -0.2) is 17.1 Å². The van der Waals surface area contributed by atoms with Crippen molar-refractivity contribution in [2.45, 2.75) is 32.4 Å². The molecule has 0 fully saturated rings. The van der Waals surface area contributed by atoms with Gasteiger partial charge in [0, 0.05) is 6.04 Å². The number of aryl methyl sites for hydroxylation is 1. The van der Waals surface area contributed by atoms with Crippen LogP contribution in [0.25, 0.3) is 0 Å². The number of carbonyl (C=O) groups is 1. The number of aliphatic hydroxyl groups excluding tert-OH is 1. The highest BCUT2D eigenvalue weighted by molar-refractivity contribution is 5.94. The van der Waals surface area contributed by atoms with Crippen molar-refractivity contribution in [1.29, 1.82) is 0 Å². The van der Waals surface area contributed by atoms with Gasteiger partial charge in [0.25, 0.3) is 5.91 Å². The largest absolute Gasteiger partial charge is 0.388 e. The number of hydrogen-bond acceptors (Lipinski definition) is 2. The van der Waals surface area contributed by atoms with Crippen molar-refractivity contribution >= 4 is 5.91 Å². The van der Waals surface area contributed by atoms with Crippen LogP contribution in [0, 0.1) is 12.7 Å². The van der Waals surface area contributed by atoms with E-state index in [1.165, 1.54) is 6.07 Å². The molecule has 2 aromatic carbocycles. The Morgan fingerprint density at radius 3 is 2.55 bits per heavy atom. The number of benzene rings is 2. The first kappa shape index (κ1) is 16.2. The maximum atomic E-state index is 13.9. The first-order chi connectivity index (χ1) is 10.5. The van der Waals surface area contributed by atoms with E-state index in [9.17, 15) is 14.3 Å². The van der Waals surface area contributed by atoms with Gasteiger partial charge in [-0.25, -0.2) is 4.39 Å². The zero-order valence-electron chi connectivity index (χ0n) is 12.7. The van der Waals surface area contributed by atoms with Crippen LogP contribution in [0.5, 0.6) is 0 Å². The molecule has 116 valence electrons. The minimum Gasteiger partial charge on any atom is -0.388 e. The molecule has 2 aromatic rings. The number of nitrogens with one attached hydrogen (secondary N) is 1. The molecule has 2 rings (SSSR count). The van der Waals surface area contributed by atoms with E-state index in [1.54, 1.807) is 26.0 Å². The van der Waals surface area contributed by atoms with Crippen LogP contribution in [0.1, 0.15) is 40.9 Å². The molecule has 22 heavy (non-hydrogen) atoms. The number of halogens is 1. The number of carbonyl (C=O) groups excluding carboxylic acids is 1. The van der Waals surface area contributed by atoms with Gasteiger partial charge in [-0.2, -0.15) is 0 Å². The fraction of sp³-hybridized carbons (Fsp3) is 0.278. The normalized spacial score (nSPS) is 13.5. The Labute approximate surface area is 129 Å². The SMILES string of the molecule is Cc1cccc(C(=O)NC(C)CC(O)c2ccccc2)c1F. The summed E-state index contributed by atoms with van der Waals surface area (Å²) in [7, 11) is 0. The van der Waals surface area contributed by atoms with Gasteiger partial charge in [0.2, 0.25) is 0 Å². The molecule has 0 aliphatic rings. The second kappa shape index (κ2) is 7.18. The van der Waals surface area contributed by atoms with Crippen molar-refractivity contribution in [2.75, 3.05) is 0 Å². The minimum absolute atomic E-state index is 0.0288. The molecule has 2 unspecified atom stereocenters. The monoisotopic (exact) mass is 301 g/mol. The molecular weight excluding hydrogens is 281 g/mol. The van der Waals surface area contributed by atoms with Crippen LogP contribution in [-0.2, 0) is 0 Å². The standard InChI is InChI=1S/C18H20FNO2/c1-12-7-6-10-15(17(12)19)18(22)20-13(2)11-16(21)14-8-4-3-5-9-14/h3-10,13,16,21H,11H2,1-2H3,(H,20,22). The number of hydrogen-bond donors (Lipinski definition) is 2. The maximum Gasteiger partial charge on any atom is 0.254 e. The fourth-order valence-electron chi connectivity index (χ4n) is 2.33. The van der Waals surface area contributed by atoms with Crippen LogP contribution in [0.15, 0.2) is 48.5 Å². The van der Waals surface area contributed by atoms with Crippen molar-refractivity contribution in [3.8, 4) is 0 Å². The van der Waals surface area contributed by atoms with Gasteiger partial charge in [0.05, 0.1) is 11.7 Å². The molecule has 0 aromatic heterocycles. The summed E-state index contributed by atoms with van der Waals surface area (Å²) < 4.78 is 13.9. The van der Waals surface area contributed by atoms with Gasteiger partial charge in [-0.15, -0.1) is 0 Å². The first-order valence-electron chi connectivity index (χ1n) is 7.28. The lowest BCUT2D eigenvalue weighted by Crippen LogP contribution is -2.34. The summed E-state index contributed by atoms with van der Waals surface area (Å²) in [4.78, 5) is 12.1. The van der Waals surface area contributed by atoms with E-state index in [0.29, 0.717) is 12.0 Å². The van der Waals surface area contributed by atoms with Gasteiger partial charge >= 0.3 is 0 Å². The van der Waals surface area contributed by atoms with Crippen LogP contribution in [0.2, 0.25) is 0 Å². The summed E-state index contributed by atoms with van der Waals surface area (Å²) in [6, 6.07) is 13.7. The highest BCUT2D eigenvalue weighted by atomic mass is 19.1. The molecule has 0 bridgehead atoms. The van der Waals surface area contributed by atoms with Crippen molar-refractivity contribution in [1.82, 2.24) is 5.32 Å². The molecule has 0 saturated carbocycles. The molecule has 0 saturated heterocycles. The zero-order valence-corrected chi connectivity index (χ0v) is 12.7. The van der Waals surface area contributed by atoms with Gasteiger partial charge in [0.15, 0.2) is 0 Å². The Morgan fingerprint density at radius 1 is 1.18 bits per heavy atom. The number of amides is 1. The van der Waals surface area contributed by atoms with Gasteiger partial charge in [-0.3, -0.25) is 4.79 Å². The average Bonchev–Trinajstić information content (AvgIpc) is 2.50. The lowest BCUT2D eigenvalue weighted by Gasteiger charge is -2.18. The Hall–Kier alpha value is -2.20. The van der Waals surface area contributed by atoms with E-state index in [-0.39, 0.29) is 11.6 Å². The van der Waals surface area contributed by atoms with Crippen molar-refractivity contribution in [2.24, 2.45) is 0 Å². The molecular formula is C18H20FNO2. The van der Waals surface area contributed by atoms with Gasteiger partial charge < -0.3 is 10.4 Å². The van der Waals surface area contributed by atoms with Gasteiger partial charge in [-0.1, -0.05) is 42.5 Å². The van der Waals surface area contributed by atoms with E-state index in [2.05, 4.69) is 5.32 Å². The summed E-state index contributed by atoms with van der Waals surface area (Å²) in [6.45, 7) is 3.41. The Bertz CT molecular complexity index is 643. The van der Waals surface area contributed by atoms with Crippen molar-refractivity contribution < 1.29 is 14.3 Å². The smallest absolute Gasteiger partial charge is 0.254 e.